The second kappa shape index (κ2) is 13.2. The zero-order valence-corrected chi connectivity index (χ0v) is 24.9. The van der Waals surface area contributed by atoms with Gasteiger partial charge in [-0.1, -0.05) is 86.6 Å². The van der Waals surface area contributed by atoms with Gasteiger partial charge in [0.2, 0.25) is 0 Å². The minimum atomic E-state index is -0.731. The van der Waals surface area contributed by atoms with Crippen LogP contribution in [0.1, 0.15) is 56.7 Å². The van der Waals surface area contributed by atoms with Gasteiger partial charge in [0.25, 0.3) is 0 Å². The smallest absolute Gasteiger partial charge is 0.199 e. The van der Waals surface area contributed by atoms with Crippen LogP contribution in [-0.4, -0.2) is 24.0 Å². The molecule has 2 aliphatic rings. The first-order chi connectivity index (χ1) is 20.3. The van der Waals surface area contributed by atoms with E-state index < -0.39 is 5.92 Å². The van der Waals surface area contributed by atoms with Crippen LogP contribution in [0.5, 0.6) is 0 Å². The van der Waals surface area contributed by atoms with Crippen LogP contribution in [0.3, 0.4) is 0 Å². The van der Waals surface area contributed by atoms with Crippen molar-refractivity contribution in [1.29, 1.82) is 0 Å². The molecule has 0 amide bonds. The molecule has 0 bridgehead atoms. The van der Waals surface area contributed by atoms with Gasteiger partial charge in [-0.15, -0.1) is 0 Å². The molecule has 0 spiro atoms. The predicted molar refractivity (Wildman–Crippen MR) is 169 cm³/mol. The summed E-state index contributed by atoms with van der Waals surface area (Å²) in [5, 5.41) is 11.3. The second-order valence-corrected chi connectivity index (χ2v) is 12.0. The highest BCUT2D eigenvalue weighted by molar-refractivity contribution is 5.99. The number of nitrogens with zero attached hydrogens (tertiary/aromatic N) is 1. The molecular formula is C37H41NO4. The predicted octanol–water partition coefficient (Wildman–Crippen LogP) is 8.39. The number of anilines is 1. The van der Waals surface area contributed by atoms with Gasteiger partial charge in [-0.2, -0.15) is 0 Å². The summed E-state index contributed by atoms with van der Waals surface area (Å²) < 4.78 is 12.2. The number of carbonyl (C=O) groups excluding carboxylic acids is 1. The fourth-order valence-electron chi connectivity index (χ4n) is 5.40. The SMILES string of the molecule is C/C(=C\C(=O)C1CC=C(OCc2ccccc2)C(OCc2ccccc2)=C1O)c1ccc(N2CCC(C)(C)CC2)cc1. The molecule has 0 saturated carbocycles. The van der Waals surface area contributed by atoms with Crippen molar-refractivity contribution in [3.05, 3.63) is 131 Å². The van der Waals surface area contributed by atoms with Gasteiger partial charge in [-0.05, 0) is 78.1 Å². The van der Waals surface area contributed by atoms with Crippen molar-refractivity contribution in [3.8, 4) is 0 Å². The summed E-state index contributed by atoms with van der Waals surface area (Å²) in [6.07, 6.45) is 6.19. The van der Waals surface area contributed by atoms with Crippen LogP contribution >= 0.6 is 0 Å². The molecule has 1 atom stereocenters. The highest BCUT2D eigenvalue weighted by Gasteiger charge is 2.31. The summed E-state index contributed by atoms with van der Waals surface area (Å²) in [6, 6.07) is 28.0. The summed E-state index contributed by atoms with van der Waals surface area (Å²) in [5.41, 5.74) is 5.45. The maximum atomic E-state index is 13.5. The number of hydrogen-bond acceptors (Lipinski definition) is 5. The van der Waals surface area contributed by atoms with Crippen LogP contribution < -0.4 is 4.90 Å². The largest absolute Gasteiger partial charge is 0.508 e. The Labute approximate surface area is 249 Å². The molecule has 5 rings (SSSR count). The normalized spacial score (nSPS) is 18.8. The van der Waals surface area contributed by atoms with Crippen molar-refractivity contribution >= 4 is 17.0 Å². The van der Waals surface area contributed by atoms with E-state index in [1.54, 1.807) is 6.08 Å². The van der Waals surface area contributed by atoms with Crippen molar-refractivity contribution < 1.29 is 19.4 Å². The van der Waals surface area contributed by atoms with Gasteiger partial charge in [0.1, 0.15) is 19.0 Å². The molecule has 1 saturated heterocycles. The fourth-order valence-corrected chi connectivity index (χ4v) is 5.40. The minimum Gasteiger partial charge on any atom is -0.508 e. The van der Waals surface area contributed by atoms with Gasteiger partial charge in [-0.3, -0.25) is 4.79 Å². The van der Waals surface area contributed by atoms with Gasteiger partial charge in [0, 0.05) is 18.8 Å². The average Bonchev–Trinajstić information content (AvgIpc) is 3.00. The molecule has 1 unspecified atom stereocenters. The maximum Gasteiger partial charge on any atom is 0.199 e. The Balaban J connectivity index is 1.30. The molecule has 1 fully saturated rings. The summed E-state index contributed by atoms with van der Waals surface area (Å²) >= 11 is 0. The monoisotopic (exact) mass is 563 g/mol. The Morgan fingerprint density at radius 1 is 0.881 bits per heavy atom. The van der Waals surface area contributed by atoms with E-state index in [-0.39, 0.29) is 23.9 Å². The first-order valence-electron chi connectivity index (χ1n) is 14.8. The van der Waals surface area contributed by atoms with Crippen LogP contribution in [0.15, 0.2) is 114 Å². The van der Waals surface area contributed by atoms with E-state index in [1.807, 2.05) is 73.7 Å². The van der Waals surface area contributed by atoms with Crippen LogP contribution in [0.2, 0.25) is 0 Å². The number of allylic oxidation sites excluding steroid dienone is 4. The number of carbonyl (C=O) groups is 1. The van der Waals surface area contributed by atoms with Gasteiger partial charge in [0.15, 0.2) is 17.3 Å². The molecule has 42 heavy (non-hydrogen) atoms. The molecular weight excluding hydrogens is 522 g/mol. The number of benzene rings is 3. The Bertz CT molecular complexity index is 1440. The Morgan fingerprint density at radius 2 is 1.45 bits per heavy atom. The molecule has 5 nitrogen and oxygen atoms in total. The van der Waals surface area contributed by atoms with E-state index in [1.165, 1.54) is 18.5 Å². The fraction of sp³-hybridized carbons (Fsp3) is 0.324. The number of rotatable bonds is 10. The zero-order valence-electron chi connectivity index (χ0n) is 24.9. The Hall–Kier alpha value is -4.25. The third-order valence-corrected chi connectivity index (χ3v) is 8.30. The van der Waals surface area contributed by atoms with E-state index in [2.05, 4.69) is 43.0 Å². The van der Waals surface area contributed by atoms with Gasteiger partial charge in [-0.25, -0.2) is 0 Å². The summed E-state index contributed by atoms with van der Waals surface area (Å²) in [6.45, 7) is 9.33. The van der Waals surface area contributed by atoms with Gasteiger partial charge in [0.05, 0.1) is 5.92 Å². The molecule has 1 aliphatic heterocycles. The van der Waals surface area contributed by atoms with E-state index in [4.69, 9.17) is 9.47 Å². The number of aliphatic hydroxyl groups is 1. The molecule has 3 aromatic rings. The lowest BCUT2D eigenvalue weighted by atomic mass is 9.82. The highest BCUT2D eigenvalue weighted by Crippen LogP contribution is 2.34. The molecule has 5 heteroatoms. The van der Waals surface area contributed by atoms with E-state index in [9.17, 15) is 9.90 Å². The quantitative estimate of drug-likeness (QED) is 0.251. The first kappa shape index (κ1) is 29.2. The second-order valence-electron chi connectivity index (χ2n) is 12.0. The Kier molecular flexibility index (Phi) is 9.16. The molecule has 3 aromatic carbocycles. The van der Waals surface area contributed by atoms with Crippen molar-refractivity contribution in [2.45, 2.75) is 53.2 Å². The van der Waals surface area contributed by atoms with Gasteiger partial charge >= 0.3 is 0 Å². The third kappa shape index (κ3) is 7.33. The minimum absolute atomic E-state index is 0.0890. The number of hydrogen-bond donors (Lipinski definition) is 1. The lowest BCUT2D eigenvalue weighted by molar-refractivity contribution is -0.118. The number of ketones is 1. The molecule has 0 aromatic heterocycles. The van der Waals surface area contributed by atoms with Crippen LogP contribution in [0.4, 0.5) is 5.69 Å². The topological polar surface area (TPSA) is 59.0 Å². The highest BCUT2D eigenvalue weighted by atomic mass is 16.5. The van der Waals surface area contributed by atoms with Crippen molar-refractivity contribution in [2.24, 2.45) is 11.3 Å². The maximum absolute atomic E-state index is 13.5. The van der Waals surface area contributed by atoms with Gasteiger partial charge < -0.3 is 19.5 Å². The van der Waals surface area contributed by atoms with E-state index >= 15 is 0 Å². The van der Waals surface area contributed by atoms with Crippen molar-refractivity contribution in [3.63, 3.8) is 0 Å². The Morgan fingerprint density at radius 3 is 2.05 bits per heavy atom. The van der Waals surface area contributed by atoms with Crippen LogP contribution in [0, 0.1) is 11.3 Å². The summed E-state index contributed by atoms with van der Waals surface area (Å²) in [4.78, 5) is 15.9. The standard InChI is InChI=1S/C37H41NO4/c1-27(30-14-16-31(17-15-30)38-22-20-37(2,3)21-23-38)24-33(39)32-18-19-34(41-25-28-10-6-4-7-11-28)36(35(32)40)42-26-29-12-8-5-9-13-29/h4-17,19,24,32,40H,18,20-23,25-26H2,1-3H3/b27-24+. The van der Waals surface area contributed by atoms with Crippen molar-refractivity contribution in [2.75, 3.05) is 18.0 Å². The summed E-state index contributed by atoms with van der Waals surface area (Å²) in [5.74, 6) is -0.306. The molecule has 1 aliphatic carbocycles. The molecule has 0 radical (unpaired) electrons. The number of piperidine rings is 1. The molecule has 218 valence electrons. The van der Waals surface area contributed by atoms with E-state index in [0.29, 0.717) is 24.2 Å². The third-order valence-electron chi connectivity index (χ3n) is 8.30. The number of ether oxygens (including phenoxy) is 2. The lowest BCUT2D eigenvalue weighted by Gasteiger charge is -2.38. The molecule has 1 heterocycles. The summed E-state index contributed by atoms with van der Waals surface area (Å²) in [7, 11) is 0. The first-order valence-corrected chi connectivity index (χ1v) is 14.8. The lowest BCUT2D eigenvalue weighted by Crippen LogP contribution is -2.37. The van der Waals surface area contributed by atoms with Crippen LogP contribution in [0.25, 0.3) is 5.57 Å². The number of aliphatic hydroxyl groups excluding tert-OH is 1. The van der Waals surface area contributed by atoms with Crippen LogP contribution in [-0.2, 0) is 27.5 Å². The average molecular weight is 564 g/mol. The van der Waals surface area contributed by atoms with Crippen molar-refractivity contribution in [1.82, 2.24) is 0 Å². The molecule has 1 N–H and O–H groups in total. The van der Waals surface area contributed by atoms with E-state index in [0.717, 1.165) is 35.4 Å². The zero-order chi connectivity index (χ0) is 29.5.